The van der Waals surface area contributed by atoms with Crippen LogP contribution in [0, 0.1) is 6.92 Å². The van der Waals surface area contributed by atoms with Crippen molar-refractivity contribution in [1.29, 1.82) is 0 Å². The second kappa shape index (κ2) is 8.21. The number of anilines is 2. The molecule has 5 nitrogen and oxygen atoms in total. The van der Waals surface area contributed by atoms with Gasteiger partial charge in [0.1, 0.15) is 0 Å². The molecule has 0 radical (unpaired) electrons. The molecule has 1 aromatic heterocycles. The number of piperazine rings is 1. The summed E-state index contributed by atoms with van der Waals surface area (Å²) in [5.41, 5.74) is 4.51. The summed E-state index contributed by atoms with van der Waals surface area (Å²) < 4.78 is 0. The maximum atomic E-state index is 12.6. The van der Waals surface area contributed by atoms with Crippen LogP contribution in [-0.4, -0.2) is 55.1 Å². The molecule has 1 fully saturated rings. The molecule has 0 bridgehead atoms. The minimum Gasteiger partial charge on any atom is -0.372 e. The van der Waals surface area contributed by atoms with Gasteiger partial charge in [0.2, 0.25) is 0 Å². The minimum atomic E-state index is 0.0753. The molecular formula is C21H28N4O. The van der Waals surface area contributed by atoms with Crippen molar-refractivity contribution in [3.05, 3.63) is 53.9 Å². The van der Waals surface area contributed by atoms with Gasteiger partial charge < -0.3 is 14.7 Å². The zero-order valence-electron chi connectivity index (χ0n) is 16.0. The van der Waals surface area contributed by atoms with Crippen molar-refractivity contribution in [2.24, 2.45) is 0 Å². The zero-order valence-corrected chi connectivity index (χ0v) is 16.0. The van der Waals surface area contributed by atoms with Gasteiger partial charge in [0.25, 0.3) is 5.91 Å². The first-order valence-electron chi connectivity index (χ1n) is 9.43. The SMILES string of the molecule is CCN(CC)c1ccc(N2CCN(C(=O)c3cccnc3)CC2)c(C)c1. The number of aryl methyl sites for hydroxylation is 1. The maximum Gasteiger partial charge on any atom is 0.255 e. The molecule has 3 rings (SSSR count). The molecule has 1 aliphatic heterocycles. The smallest absolute Gasteiger partial charge is 0.255 e. The van der Waals surface area contributed by atoms with Crippen LogP contribution in [0.3, 0.4) is 0 Å². The van der Waals surface area contributed by atoms with E-state index >= 15 is 0 Å². The molecule has 1 amide bonds. The Morgan fingerprint density at radius 3 is 2.42 bits per heavy atom. The van der Waals surface area contributed by atoms with Gasteiger partial charge in [-0.25, -0.2) is 0 Å². The largest absolute Gasteiger partial charge is 0.372 e. The number of rotatable bonds is 5. The third-order valence-corrected chi connectivity index (χ3v) is 5.13. The molecule has 0 saturated carbocycles. The first kappa shape index (κ1) is 18.2. The van der Waals surface area contributed by atoms with E-state index < -0.39 is 0 Å². The highest BCUT2D eigenvalue weighted by molar-refractivity contribution is 5.94. The second-order valence-corrected chi connectivity index (χ2v) is 6.66. The fourth-order valence-corrected chi connectivity index (χ4v) is 3.60. The van der Waals surface area contributed by atoms with Crippen LogP contribution >= 0.6 is 0 Å². The topological polar surface area (TPSA) is 39.7 Å². The Hall–Kier alpha value is -2.56. The van der Waals surface area contributed by atoms with Crippen LogP contribution < -0.4 is 9.80 Å². The average Bonchev–Trinajstić information content (AvgIpc) is 2.69. The summed E-state index contributed by atoms with van der Waals surface area (Å²) in [5, 5.41) is 0. The Morgan fingerprint density at radius 2 is 1.85 bits per heavy atom. The number of hydrogen-bond acceptors (Lipinski definition) is 4. The number of aromatic nitrogens is 1. The first-order valence-corrected chi connectivity index (χ1v) is 9.43. The lowest BCUT2D eigenvalue weighted by Gasteiger charge is -2.37. The van der Waals surface area contributed by atoms with E-state index in [9.17, 15) is 4.79 Å². The first-order chi connectivity index (χ1) is 12.6. The third-order valence-electron chi connectivity index (χ3n) is 5.13. The number of hydrogen-bond donors (Lipinski definition) is 0. The molecule has 26 heavy (non-hydrogen) atoms. The summed E-state index contributed by atoms with van der Waals surface area (Å²) in [5.74, 6) is 0.0753. The number of amides is 1. The van der Waals surface area contributed by atoms with E-state index in [0.29, 0.717) is 5.56 Å². The van der Waals surface area contributed by atoms with E-state index in [-0.39, 0.29) is 5.91 Å². The third kappa shape index (κ3) is 3.82. The molecule has 1 saturated heterocycles. The summed E-state index contributed by atoms with van der Waals surface area (Å²) >= 11 is 0. The Morgan fingerprint density at radius 1 is 1.12 bits per heavy atom. The number of pyridine rings is 1. The lowest BCUT2D eigenvalue weighted by molar-refractivity contribution is 0.0746. The Kier molecular flexibility index (Phi) is 5.76. The van der Waals surface area contributed by atoms with Crippen molar-refractivity contribution in [1.82, 2.24) is 9.88 Å². The van der Waals surface area contributed by atoms with Crippen LogP contribution in [0.15, 0.2) is 42.7 Å². The van der Waals surface area contributed by atoms with Crippen molar-refractivity contribution >= 4 is 17.3 Å². The van der Waals surface area contributed by atoms with Crippen LogP contribution in [0.5, 0.6) is 0 Å². The van der Waals surface area contributed by atoms with Crippen molar-refractivity contribution in [3.8, 4) is 0 Å². The van der Waals surface area contributed by atoms with Gasteiger partial charge in [-0.3, -0.25) is 9.78 Å². The van der Waals surface area contributed by atoms with E-state index in [1.807, 2.05) is 17.0 Å². The maximum absolute atomic E-state index is 12.6. The Labute approximate surface area is 156 Å². The van der Waals surface area contributed by atoms with E-state index in [0.717, 1.165) is 39.3 Å². The predicted octanol–water partition coefficient (Wildman–Crippen LogP) is 3.20. The van der Waals surface area contributed by atoms with Gasteiger partial charge in [-0.1, -0.05) is 0 Å². The lowest BCUT2D eigenvalue weighted by Crippen LogP contribution is -2.49. The molecule has 0 unspecified atom stereocenters. The van der Waals surface area contributed by atoms with Crippen LogP contribution in [0.25, 0.3) is 0 Å². The normalized spacial score (nSPS) is 14.4. The number of nitrogens with zero attached hydrogens (tertiary/aromatic N) is 4. The van der Waals surface area contributed by atoms with E-state index in [2.05, 4.69) is 53.8 Å². The molecule has 1 aliphatic rings. The second-order valence-electron chi connectivity index (χ2n) is 6.66. The number of benzene rings is 1. The quantitative estimate of drug-likeness (QED) is 0.828. The highest BCUT2D eigenvalue weighted by Crippen LogP contribution is 2.26. The van der Waals surface area contributed by atoms with Crippen LogP contribution in [0.2, 0.25) is 0 Å². The summed E-state index contributed by atoms with van der Waals surface area (Å²) in [6.45, 7) is 11.8. The zero-order chi connectivity index (χ0) is 18.5. The Balaban J connectivity index is 1.65. The molecule has 0 aliphatic carbocycles. The highest BCUT2D eigenvalue weighted by Gasteiger charge is 2.23. The molecule has 0 N–H and O–H groups in total. The van der Waals surface area contributed by atoms with Gasteiger partial charge in [0, 0.05) is 63.0 Å². The van der Waals surface area contributed by atoms with Gasteiger partial charge in [-0.05, 0) is 56.7 Å². The lowest BCUT2D eigenvalue weighted by atomic mass is 10.1. The standard InChI is InChI=1S/C21H28N4O/c1-4-23(5-2)19-8-9-20(17(3)15-19)24-11-13-25(14-12-24)21(26)18-7-6-10-22-16-18/h6-10,15-16H,4-5,11-14H2,1-3H3. The van der Waals surface area contributed by atoms with Gasteiger partial charge in [-0.15, -0.1) is 0 Å². The van der Waals surface area contributed by atoms with Gasteiger partial charge in [-0.2, -0.15) is 0 Å². The predicted molar refractivity (Wildman–Crippen MR) is 107 cm³/mol. The summed E-state index contributed by atoms with van der Waals surface area (Å²) in [6.07, 6.45) is 3.34. The molecule has 0 spiro atoms. The molecule has 5 heteroatoms. The van der Waals surface area contributed by atoms with Crippen LogP contribution in [0.1, 0.15) is 29.8 Å². The van der Waals surface area contributed by atoms with Crippen LogP contribution in [0.4, 0.5) is 11.4 Å². The summed E-state index contributed by atoms with van der Waals surface area (Å²) in [4.78, 5) is 23.3. The van der Waals surface area contributed by atoms with Crippen molar-refractivity contribution in [3.63, 3.8) is 0 Å². The minimum absolute atomic E-state index is 0.0753. The molecule has 1 aromatic carbocycles. The van der Waals surface area contributed by atoms with Crippen LogP contribution in [-0.2, 0) is 0 Å². The van der Waals surface area contributed by atoms with Crippen molar-refractivity contribution in [2.45, 2.75) is 20.8 Å². The molecule has 2 heterocycles. The molecular weight excluding hydrogens is 324 g/mol. The molecule has 138 valence electrons. The van der Waals surface area contributed by atoms with E-state index in [1.54, 1.807) is 12.4 Å². The van der Waals surface area contributed by atoms with Crippen molar-refractivity contribution < 1.29 is 4.79 Å². The highest BCUT2D eigenvalue weighted by atomic mass is 16.2. The van der Waals surface area contributed by atoms with Gasteiger partial charge >= 0.3 is 0 Å². The number of carbonyl (C=O) groups is 1. The van der Waals surface area contributed by atoms with Gasteiger partial charge in [0.05, 0.1) is 5.56 Å². The summed E-state index contributed by atoms with van der Waals surface area (Å²) in [7, 11) is 0. The van der Waals surface area contributed by atoms with Crippen molar-refractivity contribution in [2.75, 3.05) is 49.1 Å². The summed E-state index contributed by atoms with van der Waals surface area (Å²) in [6, 6.07) is 10.3. The van der Waals surface area contributed by atoms with Gasteiger partial charge in [0.15, 0.2) is 0 Å². The Bertz CT molecular complexity index is 735. The monoisotopic (exact) mass is 352 g/mol. The average molecular weight is 352 g/mol. The number of carbonyl (C=O) groups excluding carboxylic acids is 1. The molecule has 2 aromatic rings. The fraction of sp³-hybridized carbons (Fsp3) is 0.429. The molecule has 0 atom stereocenters. The van der Waals surface area contributed by atoms with E-state index in [1.165, 1.54) is 16.9 Å². The fourth-order valence-electron chi connectivity index (χ4n) is 3.60. The van der Waals surface area contributed by atoms with E-state index in [4.69, 9.17) is 0 Å².